The number of benzene rings is 3. The molecule has 1 aliphatic rings. The Hall–Kier alpha value is -3.20. The summed E-state index contributed by atoms with van der Waals surface area (Å²) in [6, 6.07) is 21.2. The average molecular weight is 399 g/mol. The summed E-state index contributed by atoms with van der Waals surface area (Å²) in [4.78, 5) is 0. The highest BCUT2D eigenvalue weighted by molar-refractivity contribution is 5.88. The number of fused-ring (bicyclic) bond motifs is 1. The largest absolute Gasteiger partial charge is 0.496 e. The first-order valence-electron chi connectivity index (χ1n) is 10.5. The molecule has 30 heavy (non-hydrogen) atoms. The SMILES string of the molecule is COc1ccc(C)cc1-c1ccc2c(c1CNc1ccccc1)C(C)=CC(C)(C)N2. The fourth-order valence-corrected chi connectivity index (χ4v) is 4.41. The molecule has 0 saturated carbocycles. The lowest BCUT2D eigenvalue weighted by molar-refractivity contribution is 0.416. The number of anilines is 2. The zero-order valence-electron chi connectivity index (χ0n) is 18.5. The van der Waals surface area contributed by atoms with Gasteiger partial charge in [-0.2, -0.15) is 0 Å². The molecule has 0 atom stereocenters. The minimum atomic E-state index is -0.0657. The van der Waals surface area contributed by atoms with Crippen LogP contribution in [0.15, 0.2) is 66.7 Å². The maximum absolute atomic E-state index is 5.73. The van der Waals surface area contributed by atoms with Gasteiger partial charge < -0.3 is 15.4 Å². The van der Waals surface area contributed by atoms with Crippen molar-refractivity contribution in [2.24, 2.45) is 0 Å². The van der Waals surface area contributed by atoms with Gasteiger partial charge in [0.15, 0.2) is 0 Å². The predicted molar refractivity (Wildman–Crippen MR) is 128 cm³/mol. The van der Waals surface area contributed by atoms with Crippen LogP contribution in [0.2, 0.25) is 0 Å². The van der Waals surface area contributed by atoms with Crippen molar-refractivity contribution >= 4 is 16.9 Å². The van der Waals surface area contributed by atoms with Crippen molar-refractivity contribution in [3.63, 3.8) is 0 Å². The molecule has 1 heterocycles. The molecule has 154 valence electrons. The predicted octanol–water partition coefficient (Wildman–Crippen LogP) is 6.89. The number of methoxy groups -OCH3 is 1. The van der Waals surface area contributed by atoms with Crippen molar-refractivity contribution in [2.75, 3.05) is 17.7 Å². The molecule has 0 aliphatic carbocycles. The number of rotatable bonds is 5. The molecule has 0 fully saturated rings. The van der Waals surface area contributed by atoms with Crippen LogP contribution in [0.5, 0.6) is 5.75 Å². The Labute approximate surface area is 179 Å². The zero-order chi connectivity index (χ0) is 21.3. The van der Waals surface area contributed by atoms with Crippen LogP contribution in [-0.4, -0.2) is 12.6 Å². The molecular weight excluding hydrogens is 368 g/mol. The third kappa shape index (κ3) is 3.93. The number of aryl methyl sites for hydroxylation is 1. The van der Waals surface area contributed by atoms with Crippen LogP contribution in [-0.2, 0) is 6.54 Å². The van der Waals surface area contributed by atoms with Crippen molar-refractivity contribution in [1.29, 1.82) is 0 Å². The maximum atomic E-state index is 5.73. The van der Waals surface area contributed by atoms with Gasteiger partial charge in [-0.3, -0.25) is 0 Å². The Morgan fingerprint density at radius 3 is 2.43 bits per heavy atom. The highest BCUT2D eigenvalue weighted by atomic mass is 16.5. The summed E-state index contributed by atoms with van der Waals surface area (Å²) in [6.07, 6.45) is 2.32. The van der Waals surface area contributed by atoms with Crippen LogP contribution in [0.25, 0.3) is 16.7 Å². The lowest BCUT2D eigenvalue weighted by Crippen LogP contribution is -2.32. The molecule has 3 aromatic carbocycles. The Balaban J connectivity index is 1.89. The van der Waals surface area contributed by atoms with Crippen molar-refractivity contribution in [1.82, 2.24) is 0 Å². The first-order chi connectivity index (χ1) is 14.4. The summed E-state index contributed by atoms with van der Waals surface area (Å²) in [5, 5.41) is 7.31. The molecule has 0 bridgehead atoms. The molecule has 0 saturated heterocycles. The first-order valence-corrected chi connectivity index (χ1v) is 10.5. The van der Waals surface area contributed by atoms with E-state index in [2.05, 4.69) is 99.0 Å². The smallest absolute Gasteiger partial charge is 0.126 e. The van der Waals surface area contributed by atoms with Gasteiger partial charge in [0.05, 0.1) is 12.6 Å². The Bertz CT molecular complexity index is 1100. The quantitative estimate of drug-likeness (QED) is 0.491. The van der Waals surface area contributed by atoms with E-state index in [-0.39, 0.29) is 5.54 Å². The number of nitrogens with one attached hydrogen (secondary N) is 2. The average Bonchev–Trinajstić information content (AvgIpc) is 2.71. The number of hydrogen-bond acceptors (Lipinski definition) is 3. The molecule has 0 aromatic heterocycles. The molecule has 0 spiro atoms. The summed E-state index contributed by atoms with van der Waals surface area (Å²) in [6.45, 7) is 9.48. The van der Waals surface area contributed by atoms with Crippen molar-refractivity contribution in [2.45, 2.75) is 39.8 Å². The summed E-state index contributed by atoms with van der Waals surface area (Å²) in [7, 11) is 1.74. The second kappa shape index (κ2) is 7.91. The van der Waals surface area contributed by atoms with E-state index in [0.29, 0.717) is 0 Å². The molecule has 0 radical (unpaired) electrons. The molecule has 3 heteroatoms. The molecule has 0 amide bonds. The van der Waals surface area contributed by atoms with E-state index in [9.17, 15) is 0 Å². The summed E-state index contributed by atoms with van der Waals surface area (Å²) >= 11 is 0. The lowest BCUT2D eigenvalue weighted by atomic mass is 9.84. The van der Waals surface area contributed by atoms with Gasteiger partial charge >= 0.3 is 0 Å². The lowest BCUT2D eigenvalue weighted by Gasteiger charge is -2.33. The van der Waals surface area contributed by atoms with Crippen molar-refractivity contribution in [3.05, 3.63) is 83.4 Å². The van der Waals surface area contributed by atoms with Crippen molar-refractivity contribution < 1.29 is 4.74 Å². The molecule has 2 N–H and O–H groups in total. The number of hydrogen-bond donors (Lipinski definition) is 2. The van der Waals surface area contributed by atoms with Gasteiger partial charge in [-0.15, -0.1) is 0 Å². The summed E-state index contributed by atoms with van der Waals surface area (Å²) in [5.41, 5.74) is 9.63. The Kier molecular flexibility index (Phi) is 5.29. The van der Waals surface area contributed by atoms with Crippen LogP contribution in [0, 0.1) is 6.92 Å². The number of para-hydroxylation sites is 1. The summed E-state index contributed by atoms with van der Waals surface area (Å²) < 4.78 is 5.73. The van der Waals surface area contributed by atoms with E-state index in [1.54, 1.807) is 7.11 Å². The number of allylic oxidation sites excluding steroid dienone is 1. The van der Waals surface area contributed by atoms with E-state index in [4.69, 9.17) is 4.74 Å². The van der Waals surface area contributed by atoms with Gasteiger partial charge in [-0.25, -0.2) is 0 Å². The molecule has 3 nitrogen and oxygen atoms in total. The normalized spacial score (nSPS) is 14.4. The third-order valence-corrected chi connectivity index (χ3v) is 5.63. The van der Waals surface area contributed by atoms with E-state index < -0.39 is 0 Å². The van der Waals surface area contributed by atoms with Crippen molar-refractivity contribution in [3.8, 4) is 16.9 Å². The molecule has 0 unspecified atom stereocenters. The first kappa shape index (κ1) is 20.1. The second-order valence-corrected chi connectivity index (χ2v) is 8.61. The topological polar surface area (TPSA) is 33.3 Å². The summed E-state index contributed by atoms with van der Waals surface area (Å²) in [5.74, 6) is 0.896. The van der Waals surface area contributed by atoms with Crippen LogP contribution < -0.4 is 15.4 Å². The standard InChI is InChI=1S/C27H30N2O/c1-18-11-14-25(30-5)22(15-18)21-12-13-24-26(19(2)16-27(3,4)29-24)23(21)17-28-20-9-7-6-8-10-20/h6-16,28-29H,17H2,1-5H3. The monoisotopic (exact) mass is 398 g/mol. The molecule has 1 aliphatic heterocycles. The van der Waals surface area contributed by atoms with Gasteiger partial charge in [0.25, 0.3) is 0 Å². The van der Waals surface area contributed by atoms with Crippen LogP contribution >= 0.6 is 0 Å². The zero-order valence-corrected chi connectivity index (χ0v) is 18.5. The Morgan fingerprint density at radius 2 is 1.70 bits per heavy atom. The van der Waals surface area contributed by atoms with E-state index in [0.717, 1.165) is 23.5 Å². The minimum Gasteiger partial charge on any atom is -0.496 e. The van der Waals surface area contributed by atoms with E-state index in [1.807, 2.05) is 6.07 Å². The highest BCUT2D eigenvalue weighted by Crippen LogP contribution is 2.42. The second-order valence-electron chi connectivity index (χ2n) is 8.61. The fraction of sp³-hybridized carbons (Fsp3) is 0.259. The van der Waals surface area contributed by atoms with Gasteiger partial charge in [0.2, 0.25) is 0 Å². The molecule has 3 aromatic rings. The fourth-order valence-electron chi connectivity index (χ4n) is 4.41. The molecule has 4 rings (SSSR count). The number of ether oxygens (including phenoxy) is 1. The maximum Gasteiger partial charge on any atom is 0.126 e. The van der Waals surface area contributed by atoms with Crippen LogP contribution in [0.4, 0.5) is 11.4 Å². The third-order valence-electron chi connectivity index (χ3n) is 5.63. The highest BCUT2D eigenvalue weighted by Gasteiger charge is 2.26. The molecular formula is C27H30N2O. The van der Waals surface area contributed by atoms with E-state index >= 15 is 0 Å². The van der Waals surface area contributed by atoms with Crippen LogP contribution in [0.1, 0.15) is 37.5 Å². The van der Waals surface area contributed by atoms with Crippen LogP contribution in [0.3, 0.4) is 0 Å². The van der Waals surface area contributed by atoms with Gasteiger partial charge in [0.1, 0.15) is 5.75 Å². The minimum absolute atomic E-state index is 0.0657. The van der Waals surface area contributed by atoms with Gasteiger partial charge in [-0.1, -0.05) is 42.0 Å². The Morgan fingerprint density at radius 1 is 0.933 bits per heavy atom. The van der Waals surface area contributed by atoms with Gasteiger partial charge in [0, 0.05) is 29.0 Å². The van der Waals surface area contributed by atoms with E-state index in [1.165, 1.54) is 33.5 Å². The van der Waals surface area contributed by atoms with Gasteiger partial charge in [-0.05, 0) is 74.7 Å².